The molecule has 12 heavy (non-hydrogen) atoms. The Hall–Kier alpha value is -1.05. The summed E-state index contributed by atoms with van der Waals surface area (Å²) in [5.74, 6) is 0.397. The van der Waals surface area contributed by atoms with Crippen LogP contribution in [0.3, 0.4) is 0 Å². The molecule has 0 aliphatic heterocycles. The minimum absolute atomic E-state index is 0.00380. The van der Waals surface area contributed by atoms with Gasteiger partial charge in [-0.3, -0.25) is 4.79 Å². The molecule has 66 valence electrons. The predicted octanol–water partition coefficient (Wildman–Crippen LogP) is 2.06. The van der Waals surface area contributed by atoms with E-state index in [1.165, 1.54) is 5.56 Å². The smallest absolute Gasteiger partial charge is 0.248 e. The second-order valence-corrected chi connectivity index (χ2v) is 3.27. The Bertz CT molecular complexity index is 312. The summed E-state index contributed by atoms with van der Waals surface area (Å²) in [6, 6.07) is 3.50. The van der Waals surface area contributed by atoms with Gasteiger partial charge in [0.15, 0.2) is 0 Å². The van der Waals surface area contributed by atoms with Crippen LogP contribution < -0.4 is 5.56 Å². The summed E-state index contributed by atoms with van der Waals surface area (Å²) in [5.41, 5.74) is 2.31. The first-order valence-corrected chi connectivity index (χ1v) is 4.37. The highest BCUT2D eigenvalue weighted by atomic mass is 16.1. The van der Waals surface area contributed by atoms with Gasteiger partial charge in [-0.05, 0) is 17.9 Å². The molecule has 0 aliphatic carbocycles. The largest absolute Gasteiger partial charge is 0.326 e. The molecule has 0 atom stereocenters. The maximum absolute atomic E-state index is 11.0. The zero-order valence-electron chi connectivity index (χ0n) is 7.85. The molecule has 0 fully saturated rings. The zero-order valence-corrected chi connectivity index (χ0v) is 7.85. The number of H-pyrrole nitrogens is 1. The highest BCUT2D eigenvalue weighted by Gasteiger charge is 2.04. The Balaban J connectivity index is 3.21. The average molecular weight is 165 g/mol. The van der Waals surface area contributed by atoms with Gasteiger partial charge in [-0.1, -0.05) is 26.8 Å². The molecular weight excluding hydrogens is 150 g/mol. The second-order valence-electron chi connectivity index (χ2n) is 3.27. The Labute approximate surface area is 72.6 Å². The third-order valence-electron chi connectivity index (χ3n) is 2.00. The van der Waals surface area contributed by atoms with Crippen LogP contribution in [0.2, 0.25) is 0 Å². The van der Waals surface area contributed by atoms with Crippen molar-refractivity contribution in [1.29, 1.82) is 0 Å². The number of rotatable bonds is 2. The topological polar surface area (TPSA) is 32.9 Å². The second kappa shape index (κ2) is 3.57. The normalized spacial score (nSPS) is 10.7. The first-order chi connectivity index (χ1) is 5.65. The average Bonchev–Trinajstić information content (AvgIpc) is 2.04. The molecule has 0 unspecified atom stereocenters. The van der Waals surface area contributed by atoms with E-state index in [1.807, 2.05) is 6.07 Å². The molecule has 0 bridgehead atoms. The molecule has 2 heteroatoms. The number of hydrogen-bond donors (Lipinski definition) is 1. The van der Waals surface area contributed by atoms with Crippen LogP contribution in [-0.2, 0) is 6.42 Å². The van der Waals surface area contributed by atoms with E-state index < -0.39 is 0 Å². The lowest BCUT2D eigenvalue weighted by atomic mass is 10.0. The predicted molar refractivity (Wildman–Crippen MR) is 50.5 cm³/mol. The minimum atomic E-state index is -0.00380. The number of aromatic nitrogens is 1. The van der Waals surface area contributed by atoms with Gasteiger partial charge in [-0.15, -0.1) is 0 Å². The van der Waals surface area contributed by atoms with Crippen molar-refractivity contribution in [2.45, 2.75) is 33.1 Å². The summed E-state index contributed by atoms with van der Waals surface area (Å²) in [7, 11) is 0. The van der Waals surface area contributed by atoms with Crippen molar-refractivity contribution >= 4 is 0 Å². The molecule has 0 aliphatic rings. The van der Waals surface area contributed by atoms with Gasteiger partial charge in [-0.25, -0.2) is 0 Å². The van der Waals surface area contributed by atoms with Crippen LogP contribution in [0, 0.1) is 0 Å². The van der Waals surface area contributed by atoms with Crippen LogP contribution in [-0.4, -0.2) is 4.98 Å². The van der Waals surface area contributed by atoms with Gasteiger partial charge in [0.25, 0.3) is 0 Å². The molecule has 0 saturated heterocycles. The molecule has 1 rings (SSSR count). The highest BCUT2D eigenvalue weighted by molar-refractivity contribution is 5.22. The Morgan fingerprint density at radius 3 is 2.58 bits per heavy atom. The summed E-state index contributed by atoms with van der Waals surface area (Å²) in [4.78, 5) is 13.9. The summed E-state index contributed by atoms with van der Waals surface area (Å²) in [5, 5.41) is 0. The summed E-state index contributed by atoms with van der Waals surface area (Å²) >= 11 is 0. The van der Waals surface area contributed by atoms with Crippen molar-refractivity contribution in [1.82, 2.24) is 4.98 Å². The van der Waals surface area contributed by atoms with Gasteiger partial charge >= 0.3 is 0 Å². The molecular formula is C10H15NO. The third-order valence-corrected chi connectivity index (χ3v) is 2.00. The Kier molecular flexibility index (Phi) is 2.69. The van der Waals surface area contributed by atoms with Crippen molar-refractivity contribution in [3.05, 3.63) is 33.7 Å². The molecule has 0 amide bonds. The van der Waals surface area contributed by atoms with E-state index in [9.17, 15) is 4.79 Å². The standard InChI is InChI=1S/C10H15NO/c1-4-8-5-6-9(12)11-10(8)7(2)3/h5-7H,4H2,1-3H3,(H,11,12). The van der Waals surface area contributed by atoms with E-state index in [2.05, 4.69) is 25.8 Å². The van der Waals surface area contributed by atoms with Crippen LogP contribution in [0.25, 0.3) is 0 Å². The molecule has 0 spiro atoms. The Morgan fingerprint density at radius 1 is 1.42 bits per heavy atom. The maximum atomic E-state index is 11.0. The van der Waals surface area contributed by atoms with E-state index in [4.69, 9.17) is 0 Å². The lowest BCUT2D eigenvalue weighted by Gasteiger charge is -2.09. The Morgan fingerprint density at radius 2 is 2.08 bits per heavy atom. The number of pyridine rings is 1. The first kappa shape index (κ1) is 9.04. The lowest BCUT2D eigenvalue weighted by molar-refractivity contribution is 0.793. The zero-order chi connectivity index (χ0) is 9.14. The van der Waals surface area contributed by atoms with Crippen molar-refractivity contribution in [3.63, 3.8) is 0 Å². The minimum Gasteiger partial charge on any atom is -0.326 e. The third kappa shape index (κ3) is 1.76. The van der Waals surface area contributed by atoms with E-state index >= 15 is 0 Å². The van der Waals surface area contributed by atoms with Crippen LogP contribution in [0.4, 0.5) is 0 Å². The van der Waals surface area contributed by atoms with Gasteiger partial charge < -0.3 is 4.98 Å². The van der Waals surface area contributed by atoms with Crippen LogP contribution >= 0.6 is 0 Å². The molecule has 0 radical (unpaired) electrons. The van der Waals surface area contributed by atoms with Crippen LogP contribution in [0.1, 0.15) is 37.9 Å². The highest BCUT2D eigenvalue weighted by Crippen LogP contribution is 2.14. The number of aryl methyl sites for hydroxylation is 1. The molecule has 1 aromatic rings. The molecule has 1 N–H and O–H groups in total. The molecule has 2 nitrogen and oxygen atoms in total. The number of nitrogens with one attached hydrogen (secondary N) is 1. The van der Waals surface area contributed by atoms with Crippen LogP contribution in [0.15, 0.2) is 16.9 Å². The van der Waals surface area contributed by atoms with E-state index in [1.54, 1.807) is 6.07 Å². The maximum Gasteiger partial charge on any atom is 0.248 e. The van der Waals surface area contributed by atoms with E-state index in [-0.39, 0.29) is 5.56 Å². The molecule has 0 saturated carbocycles. The number of hydrogen-bond acceptors (Lipinski definition) is 1. The van der Waals surface area contributed by atoms with Crippen molar-refractivity contribution in [2.24, 2.45) is 0 Å². The summed E-state index contributed by atoms with van der Waals surface area (Å²) in [6.45, 7) is 6.27. The summed E-state index contributed by atoms with van der Waals surface area (Å²) < 4.78 is 0. The van der Waals surface area contributed by atoms with E-state index in [0.29, 0.717) is 5.92 Å². The fourth-order valence-electron chi connectivity index (χ4n) is 1.34. The fourth-order valence-corrected chi connectivity index (χ4v) is 1.34. The van der Waals surface area contributed by atoms with Crippen molar-refractivity contribution < 1.29 is 0 Å². The lowest BCUT2D eigenvalue weighted by Crippen LogP contribution is -2.10. The van der Waals surface area contributed by atoms with Gasteiger partial charge in [0.05, 0.1) is 0 Å². The van der Waals surface area contributed by atoms with Crippen molar-refractivity contribution in [2.75, 3.05) is 0 Å². The van der Waals surface area contributed by atoms with Crippen LogP contribution in [0.5, 0.6) is 0 Å². The number of aromatic amines is 1. The van der Waals surface area contributed by atoms with Crippen molar-refractivity contribution in [3.8, 4) is 0 Å². The first-order valence-electron chi connectivity index (χ1n) is 4.37. The molecule has 1 aromatic heterocycles. The van der Waals surface area contributed by atoms with Gasteiger partial charge in [0.2, 0.25) is 5.56 Å². The van der Waals surface area contributed by atoms with Gasteiger partial charge in [0, 0.05) is 11.8 Å². The monoisotopic (exact) mass is 165 g/mol. The van der Waals surface area contributed by atoms with Gasteiger partial charge in [0.1, 0.15) is 0 Å². The quantitative estimate of drug-likeness (QED) is 0.714. The van der Waals surface area contributed by atoms with Gasteiger partial charge in [-0.2, -0.15) is 0 Å². The fraction of sp³-hybridized carbons (Fsp3) is 0.500. The van der Waals surface area contributed by atoms with E-state index in [0.717, 1.165) is 12.1 Å². The summed E-state index contributed by atoms with van der Waals surface area (Å²) in [6.07, 6.45) is 0.976. The molecule has 1 heterocycles. The molecule has 0 aromatic carbocycles. The SMILES string of the molecule is CCc1ccc(=O)[nH]c1C(C)C.